The molecule has 1 aromatic rings. The number of carbonyl (C=O) groups is 1. The molecule has 1 atom stereocenters. The number of amides is 1. The molecule has 1 saturated carbocycles. The van der Waals surface area contributed by atoms with Gasteiger partial charge in [0.1, 0.15) is 5.75 Å². The Labute approximate surface area is 121 Å². The van der Waals surface area contributed by atoms with Crippen molar-refractivity contribution in [1.29, 1.82) is 0 Å². The third-order valence-corrected chi connectivity index (χ3v) is 3.97. The van der Waals surface area contributed by atoms with Crippen molar-refractivity contribution in [3.05, 3.63) is 29.8 Å². The maximum absolute atomic E-state index is 12.2. The van der Waals surface area contributed by atoms with Gasteiger partial charge in [-0.3, -0.25) is 4.79 Å². The molecule has 1 fully saturated rings. The Bertz CT molecular complexity index is 421. The van der Waals surface area contributed by atoms with Gasteiger partial charge in [0, 0.05) is 6.04 Å². The monoisotopic (exact) mass is 275 g/mol. The molecular weight excluding hydrogens is 250 g/mol. The molecule has 110 valence electrons. The summed E-state index contributed by atoms with van der Waals surface area (Å²) in [6, 6.07) is 8.35. The highest BCUT2D eigenvalue weighted by Gasteiger charge is 2.23. The fourth-order valence-corrected chi connectivity index (χ4v) is 2.65. The average Bonchev–Trinajstić information content (AvgIpc) is 2.98. The molecule has 0 radical (unpaired) electrons. The van der Waals surface area contributed by atoms with Gasteiger partial charge in [-0.2, -0.15) is 0 Å². The topological polar surface area (TPSA) is 38.3 Å². The van der Waals surface area contributed by atoms with Crippen LogP contribution >= 0.6 is 0 Å². The Morgan fingerprint density at radius 1 is 1.25 bits per heavy atom. The van der Waals surface area contributed by atoms with Gasteiger partial charge in [0.2, 0.25) is 0 Å². The molecule has 0 aromatic heterocycles. The summed E-state index contributed by atoms with van der Waals surface area (Å²) in [5, 5.41) is 3.11. The van der Waals surface area contributed by atoms with Gasteiger partial charge in [-0.15, -0.1) is 0 Å². The molecule has 20 heavy (non-hydrogen) atoms. The second-order valence-corrected chi connectivity index (χ2v) is 5.50. The number of benzene rings is 1. The summed E-state index contributed by atoms with van der Waals surface area (Å²) >= 11 is 0. The van der Waals surface area contributed by atoms with Crippen LogP contribution in [0, 0.1) is 0 Å². The molecule has 1 amide bonds. The van der Waals surface area contributed by atoms with Crippen LogP contribution in [0.4, 0.5) is 0 Å². The van der Waals surface area contributed by atoms with E-state index in [1.54, 1.807) is 0 Å². The first-order valence-electron chi connectivity index (χ1n) is 7.79. The van der Waals surface area contributed by atoms with Crippen LogP contribution in [0.15, 0.2) is 24.3 Å². The minimum absolute atomic E-state index is 0.0268. The zero-order chi connectivity index (χ0) is 14.4. The predicted octanol–water partition coefficient (Wildman–Crippen LogP) is 3.47. The molecule has 0 heterocycles. The Balaban J connectivity index is 1.91. The van der Waals surface area contributed by atoms with E-state index in [0.717, 1.165) is 25.0 Å². The SMILES string of the molecule is CCc1ccc(OC(CC)C(=O)NC2CCCC2)cc1. The van der Waals surface area contributed by atoms with Gasteiger partial charge in [0.05, 0.1) is 0 Å². The van der Waals surface area contributed by atoms with E-state index >= 15 is 0 Å². The first kappa shape index (κ1) is 14.9. The number of ether oxygens (including phenoxy) is 1. The van der Waals surface area contributed by atoms with Gasteiger partial charge in [-0.25, -0.2) is 0 Å². The number of nitrogens with one attached hydrogen (secondary N) is 1. The smallest absolute Gasteiger partial charge is 0.261 e. The summed E-state index contributed by atoms with van der Waals surface area (Å²) in [7, 11) is 0. The van der Waals surface area contributed by atoms with Crippen LogP contribution in [0.2, 0.25) is 0 Å². The van der Waals surface area contributed by atoms with Crippen LogP contribution in [-0.2, 0) is 11.2 Å². The summed E-state index contributed by atoms with van der Waals surface area (Å²) < 4.78 is 5.82. The Hall–Kier alpha value is -1.51. The summed E-state index contributed by atoms with van der Waals surface area (Å²) in [5.41, 5.74) is 1.28. The van der Waals surface area contributed by atoms with Crippen LogP contribution in [0.1, 0.15) is 51.5 Å². The molecule has 1 aliphatic carbocycles. The zero-order valence-electron chi connectivity index (χ0n) is 12.5. The lowest BCUT2D eigenvalue weighted by Crippen LogP contribution is -2.42. The fraction of sp³-hybridized carbons (Fsp3) is 0.588. The van der Waals surface area contributed by atoms with Crippen LogP contribution in [-0.4, -0.2) is 18.1 Å². The minimum atomic E-state index is -0.386. The van der Waals surface area contributed by atoms with E-state index < -0.39 is 0 Å². The Kier molecular flexibility index (Phi) is 5.45. The first-order chi connectivity index (χ1) is 9.72. The lowest BCUT2D eigenvalue weighted by Gasteiger charge is -2.20. The lowest BCUT2D eigenvalue weighted by atomic mass is 10.1. The fourth-order valence-electron chi connectivity index (χ4n) is 2.65. The highest BCUT2D eigenvalue weighted by atomic mass is 16.5. The van der Waals surface area contributed by atoms with E-state index in [4.69, 9.17) is 4.74 Å². The lowest BCUT2D eigenvalue weighted by molar-refractivity contribution is -0.128. The summed E-state index contributed by atoms with van der Waals surface area (Å²) in [6.07, 6.45) is 5.97. The second-order valence-electron chi connectivity index (χ2n) is 5.50. The zero-order valence-corrected chi connectivity index (χ0v) is 12.5. The van der Waals surface area contributed by atoms with Gasteiger partial charge in [0.25, 0.3) is 5.91 Å². The molecule has 0 aliphatic heterocycles. The third kappa shape index (κ3) is 3.99. The molecule has 2 rings (SSSR count). The molecule has 3 heteroatoms. The normalized spacial score (nSPS) is 16.9. The van der Waals surface area contributed by atoms with Crippen molar-refractivity contribution in [2.75, 3.05) is 0 Å². The van der Waals surface area contributed by atoms with Crippen molar-refractivity contribution in [3.8, 4) is 5.75 Å². The first-order valence-corrected chi connectivity index (χ1v) is 7.79. The number of hydrogen-bond acceptors (Lipinski definition) is 2. The minimum Gasteiger partial charge on any atom is -0.481 e. The van der Waals surface area contributed by atoms with E-state index in [2.05, 4.69) is 24.4 Å². The van der Waals surface area contributed by atoms with Gasteiger partial charge < -0.3 is 10.1 Å². The van der Waals surface area contributed by atoms with Gasteiger partial charge in [-0.1, -0.05) is 38.8 Å². The van der Waals surface area contributed by atoms with Gasteiger partial charge in [0.15, 0.2) is 6.10 Å². The molecule has 1 unspecified atom stereocenters. The highest BCUT2D eigenvalue weighted by Crippen LogP contribution is 2.19. The third-order valence-electron chi connectivity index (χ3n) is 3.97. The largest absolute Gasteiger partial charge is 0.481 e. The molecule has 0 spiro atoms. The van der Waals surface area contributed by atoms with E-state index in [1.807, 2.05) is 19.1 Å². The standard InChI is InChI=1S/C17H25NO2/c1-3-13-9-11-15(12-10-13)20-16(4-2)17(19)18-14-7-5-6-8-14/h9-12,14,16H,3-8H2,1-2H3,(H,18,19). The van der Waals surface area contributed by atoms with Crippen molar-refractivity contribution >= 4 is 5.91 Å². The number of aryl methyl sites for hydroxylation is 1. The predicted molar refractivity (Wildman–Crippen MR) is 80.9 cm³/mol. The summed E-state index contributed by atoms with van der Waals surface area (Å²) in [6.45, 7) is 4.11. The summed E-state index contributed by atoms with van der Waals surface area (Å²) in [5.74, 6) is 0.801. The summed E-state index contributed by atoms with van der Waals surface area (Å²) in [4.78, 5) is 12.2. The Morgan fingerprint density at radius 2 is 1.90 bits per heavy atom. The van der Waals surface area contributed by atoms with Crippen LogP contribution < -0.4 is 10.1 Å². The van der Waals surface area contributed by atoms with E-state index in [-0.39, 0.29) is 12.0 Å². The number of rotatable bonds is 6. The van der Waals surface area contributed by atoms with Crippen molar-refractivity contribution in [3.63, 3.8) is 0 Å². The second kappa shape index (κ2) is 7.32. The number of carbonyl (C=O) groups excluding carboxylic acids is 1. The molecule has 1 aromatic carbocycles. The van der Waals surface area contributed by atoms with Crippen molar-refractivity contribution < 1.29 is 9.53 Å². The van der Waals surface area contributed by atoms with Crippen molar-refractivity contribution in [2.45, 2.75) is 64.5 Å². The molecule has 0 saturated heterocycles. The van der Waals surface area contributed by atoms with Gasteiger partial charge >= 0.3 is 0 Å². The molecule has 1 N–H and O–H groups in total. The van der Waals surface area contributed by atoms with Crippen molar-refractivity contribution in [2.24, 2.45) is 0 Å². The molecular formula is C17H25NO2. The van der Waals surface area contributed by atoms with Crippen molar-refractivity contribution in [1.82, 2.24) is 5.32 Å². The van der Waals surface area contributed by atoms with E-state index in [1.165, 1.54) is 18.4 Å². The molecule has 0 bridgehead atoms. The van der Waals surface area contributed by atoms with Crippen LogP contribution in [0.3, 0.4) is 0 Å². The van der Waals surface area contributed by atoms with Crippen LogP contribution in [0.5, 0.6) is 5.75 Å². The van der Waals surface area contributed by atoms with Crippen LogP contribution in [0.25, 0.3) is 0 Å². The molecule has 3 nitrogen and oxygen atoms in total. The average molecular weight is 275 g/mol. The van der Waals surface area contributed by atoms with E-state index in [0.29, 0.717) is 12.5 Å². The highest BCUT2D eigenvalue weighted by molar-refractivity contribution is 5.81. The van der Waals surface area contributed by atoms with Gasteiger partial charge in [-0.05, 0) is 43.4 Å². The Morgan fingerprint density at radius 3 is 2.45 bits per heavy atom. The molecule has 1 aliphatic rings. The number of hydrogen-bond donors (Lipinski definition) is 1. The van der Waals surface area contributed by atoms with E-state index in [9.17, 15) is 4.79 Å². The maximum atomic E-state index is 12.2. The quantitative estimate of drug-likeness (QED) is 0.863. The maximum Gasteiger partial charge on any atom is 0.261 e.